The van der Waals surface area contributed by atoms with Crippen molar-refractivity contribution in [1.82, 2.24) is 0 Å². The minimum absolute atomic E-state index is 0.365. The van der Waals surface area contributed by atoms with Crippen LogP contribution in [0.2, 0.25) is 0 Å². The molecule has 3 N–H and O–H groups in total. The summed E-state index contributed by atoms with van der Waals surface area (Å²) >= 11 is 0. The van der Waals surface area contributed by atoms with E-state index in [0.29, 0.717) is 13.2 Å². The van der Waals surface area contributed by atoms with E-state index in [0.717, 1.165) is 0 Å². The van der Waals surface area contributed by atoms with Crippen LogP contribution in [0, 0.1) is 0 Å². The Labute approximate surface area is 125 Å². The van der Waals surface area contributed by atoms with E-state index in [4.69, 9.17) is 20.1 Å². The van der Waals surface area contributed by atoms with Gasteiger partial charge in [-0.05, 0) is 11.1 Å². The fraction of sp³-hybridized carbons (Fsp3) is 0.294. The van der Waals surface area contributed by atoms with Gasteiger partial charge in [-0.2, -0.15) is 0 Å². The van der Waals surface area contributed by atoms with Gasteiger partial charge in [-0.3, -0.25) is 0 Å². The Kier molecular flexibility index (Phi) is 9.08. The largest absolute Gasteiger partial charge is 0.394 e. The molecule has 4 nitrogen and oxygen atoms in total. The van der Waals surface area contributed by atoms with Gasteiger partial charge >= 0.3 is 0 Å². The lowest BCUT2D eigenvalue weighted by Gasteiger charge is -2.03. The molecule has 0 radical (unpaired) electrons. The van der Waals surface area contributed by atoms with E-state index >= 15 is 0 Å². The molecule has 0 aliphatic heterocycles. The highest BCUT2D eigenvalue weighted by molar-refractivity contribution is 5.15. The van der Waals surface area contributed by atoms with E-state index in [9.17, 15) is 0 Å². The predicted octanol–water partition coefficient (Wildman–Crippen LogP) is 1.74. The zero-order valence-electron chi connectivity index (χ0n) is 11.9. The average molecular weight is 290 g/mol. The maximum absolute atomic E-state index is 8.17. The fourth-order valence-electron chi connectivity index (χ4n) is 1.49. The zero-order valence-corrected chi connectivity index (χ0v) is 11.9. The number of aliphatic hydroxyl groups excluding tert-OH is 3. The van der Waals surface area contributed by atoms with E-state index < -0.39 is 6.10 Å². The third kappa shape index (κ3) is 8.22. The van der Waals surface area contributed by atoms with Crippen LogP contribution in [-0.4, -0.2) is 34.6 Å². The monoisotopic (exact) mass is 290 g/mol. The van der Waals surface area contributed by atoms with Crippen molar-refractivity contribution in [3.05, 3.63) is 71.8 Å². The first-order chi connectivity index (χ1) is 10.3. The molecule has 0 saturated carbocycles. The highest BCUT2D eigenvalue weighted by atomic mass is 16.5. The molecular formula is C17H22O4. The van der Waals surface area contributed by atoms with Gasteiger partial charge in [0.15, 0.2) is 0 Å². The molecule has 114 valence electrons. The Morgan fingerprint density at radius 3 is 1.38 bits per heavy atom. The number of benzene rings is 2. The number of hydrogen-bond donors (Lipinski definition) is 3. The van der Waals surface area contributed by atoms with Gasteiger partial charge < -0.3 is 20.1 Å². The third-order valence-electron chi connectivity index (χ3n) is 2.64. The Bertz CT molecular complexity index is 415. The van der Waals surface area contributed by atoms with Gasteiger partial charge in [0.1, 0.15) is 6.10 Å². The Hall–Kier alpha value is -1.72. The summed E-state index contributed by atoms with van der Waals surface area (Å²) in [5.74, 6) is 0. The molecule has 0 fully saturated rings. The van der Waals surface area contributed by atoms with Crippen molar-refractivity contribution in [2.75, 3.05) is 13.2 Å². The van der Waals surface area contributed by atoms with Crippen LogP contribution >= 0.6 is 0 Å². The zero-order chi connectivity index (χ0) is 15.3. The van der Waals surface area contributed by atoms with Gasteiger partial charge in [0.25, 0.3) is 0 Å². The summed E-state index contributed by atoms with van der Waals surface area (Å²) in [5.41, 5.74) is 2.43. The van der Waals surface area contributed by atoms with Gasteiger partial charge in [0.05, 0.1) is 26.4 Å². The van der Waals surface area contributed by atoms with Crippen molar-refractivity contribution in [1.29, 1.82) is 0 Å². The van der Waals surface area contributed by atoms with E-state index in [1.54, 1.807) is 0 Å². The highest BCUT2D eigenvalue weighted by Gasteiger charge is 1.94. The van der Waals surface area contributed by atoms with Crippen LogP contribution in [0.3, 0.4) is 0 Å². The normalized spacial score (nSPS) is 10.1. The van der Waals surface area contributed by atoms with Crippen LogP contribution in [0.5, 0.6) is 0 Å². The molecule has 0 aromatic heterocycles. The molecule has 0 heterocycles. The van der Waals surface area contributed by atoms with Crippen molar-refractivity contribution in [3.8, 4) is 0 Å². The second-order valence-corrected chi connectivity index (χ2v) is 4.48. The highest BCUT2D eigenvalue weighted by Crippen LogP contribution is 2.05. The van der Waals surface area contributed by atoms with Crippen molar-refractivity contribution in [2.45, 2.75) is 19.3 Å². The van der Waals surface area contributed by atoms with Crippen molar-refractivity contribution in [2.24, 2.45) is 0 Å². The van der Waals surface area contributed by atoms with Gasteiger partial charge in [0, 0.05) is 0 Å². The molecule has 2 rings (SSSR count). The first-order valence-electron chi connectivity index (χ1n) is 6.81. The molecule has 4 heteroatoms. The Morgan fingerprint density at radius 2 is 1.10 bits per heavy atom. The molecule has 0 amide bonds. The number of ether oxygens (including phenoxy) is 1. The quantitative estimate of drug-likeness (QED) is 0.758. The van der Waals surface area contributed by atoms with Gasteiger partial charge in [-0.15, -0.1) is 0 Å². The van der Waals surface area contributed by atoms with E-state index in [1.807, 2.05) is 36.4 Å². The van der Waals surface area contributed by atoms with Crippen LogP contribution in [0.15, 0.2) is 60.7 Å². The summed E-state index contributed by atoms with van der Waals surface area (Å²) in [6, 6.07) is 20.4. The lowest BCUT2D eigenvalue weighted by Crippen LogP contribution is -2.15. The number of hydrogen-bond acceptors (Lipinski definition) is 4. The smallest absolute Gasteiger partial charge is 0.100 e. The van der Waals surface area contributed by atoms with E-state index in [-0.39, 0.29) is 13.2 Å². The van der Waals surface area contributed by atoms with Gasteiger partial charge in [-0.25, -0.2) is 0 Å². The molecular weight excluding hydrogens is 268 g/mol. The van der Waals surface area contributed by atoms with Gasteiger partial charge in [0.2, 0.25) is 0 Å². The van der Waals surface area contributed by atoms with Crippen LogP contribution in [0.4, 0.5) is 0 Å². The van der Waals surface area contributed by atoms with Crippen LogP contribution in [-0.2, 0) is 18.0 Å². The standard InChI is InChI=1S/C14H14O.C3H8O3/c1-3-7-13(8-4-1)11-15-12-14-9-5-2-6-10-14;4-1-3(6)2-5/h1-10H,11-12H2;3-6H,1-2H2. The lowest BCUT2D eigenvalue weighted by molar-refractivity contribution is 0.0450. The summed E-state index contributed by atoms with van der Waals surface area (Å²) < 4.78 is 5.61. The molecule has 21 heavy (non-hydrogen) atoms. The molecule has 0 aliphatic rings. The minimum atomic E-state index is -0.954. The Morgan fingerprint density at radius 1 is 0.714 bits per heavy atom. The first-order valence-corrected chi connectivity index (χ1v) is 6.81. The molecule has 2 aromatic carbocycles. The van der Waals surface area contributed by atoms with Crippen LogP contribution < -0.4 is 0 Å². The van der Waals surface area contributed by atoms with Crippen molar-refractivity contribution >= 4 is 0 Å². The second kappa shape index (κ2) is 11.0. The van der Waals surface area contributed by atoms with Crippen molar-refractivity contribution < 1.29 is 20.1 Å². The lowest BCUT2D eigenvalue weighted by atomic mass is 10.2. The van der Waals surface area contributed by atoms with E-state index in [1.165, 1.54) is 11.1 Å². The summed E-state index contributed by atoms with van der Waals surface area (Å²) in [6.45, 7) is 0.623. The molecule has 0 bridgehead atoms. The Balaban J connectivity index is 0.000000315. The average Bonchev–Trinajstić information content (AvgIpc) is 2.56. The summed E-state index contributed by atoms with van der Waals surface area (Å²) in [6.07, 6.45) is -0.954. The maximum Gasteiger partial charge on any atom is 0.100 e. The van der Waals surface area contributed by atoms with Gasteiger partial charge in [-0.1, -0.05) is 60.7 Å². The second-order valence-electron chi connectivity index (χ2n) is 4.48. The maximum atomic E-state index is 8.17. The predicted molar refractivity (Wildman–Crippen MR) is 81.6 cm³/mol. The topological polar surface area (TPSA) is 69.9 Å². The van der Waals surface area contributed by atoms with Crippen molar-refractivity contribution in [3.63, 3.8) is 0 Å². The summed E-state index contributed by atoms with van der Waals surface area (Å²) in [4.78, 5) is 0. The van der Waals surface area contributed by atoms with Crippen LogP contribution in [0.1, 0.15) is 11.1 Å². The SMILES string of the molecule is OCC(O)CO.c1ccc(COCc2ccccc2)cc1. The minimum Gasteiger partial charge on any atom is -0.394 e. The number of aliphatic hydroxyl groups is 3. The fourth-order valence-corrected chi connectivity index (χ4v) is 1.49. The molecule has 2 aromatic rings. The molecule has 0 unspecified atom stereocenters. The first kappa shape index (κ1) is 17.3. The molecule has 0 spiro atoms. The molecule has 0 saturated heterocycles. The third-order valence-corrected chi connectivity index (χ3v) is 2.64. The summed E-state index contributed by atoms with van der Waals surface area (Å²) in [5, 5.41) is 24.0. The van der Waals surface area contributed by atoms with E-state index in [2.05, 4.69) is 24.3 Å². The molecule has 0 aliphatic carbocycles. The van der Waals surface area contributed by atoms with Crippen LogP contribution in [0.25, 0.3) is 0 Å². The molecule has 0 atom stereocenters. The summed E-state index contributed by atoms with van der Waals surface area (Å²) in [7, 11) is 0. The number of rotatable bonds is 6.